The van der Waals surface area contributed by atoms with Crippen LogP contribution < -0.4 is 4.74 Å². The Morgan fingerprint density at radius 2 is 2.09 bits per heavy atom. The number of ether oxygens (including phenoxy) is 1. The molecule has 0 saturated heterocycles. The van der Waals surface area contributed by atoms with Gasteiger partial charge in [-0.2, -0.15) is 0 Å². The van der Waals surface area contributed by atoms with Crippen molar-refractivity contribution >= 4 is 11.6 Å². The lowest BCUT2D eigenvalue weighted by Crippen LogP contribution is -1.88. The standard InChI is InChI=1S/C8H8ClFO/c1-5-7(9)3-6(11-2)4-8(5)10/h3-4H,1-2H3. The van der Waals surface area contributed by atoms with Crippen LogP contribution >= 0.6 is 11.6 Å². The van der Waals surface area contributed by atoms with Gasteiger partial charge in [0.15, 0.2) is 0 Å². The van der Waals surface area contributed by atoms with Crippen LogP contribution in [0.15, 0.2) is 12.1 Å². The topological polar surface area (TPSA) is 9.23 Å². The fourth-order valence-electron chi connectivity index (χ4n) is 0.740. The lowest BCUT2D eigenvalue weighted by molar-refractivity contribution is 0.411. The van der Waals surface area contributed by atoms with E-state index in [1.54, 1.807) is 13.0 Å². The minimum absolute atomic E-state index is 0.339. The maximum atomic E-state index is 12.9. The zero-order valence-electron chi connectivity index (χ0n) is 6.32. The SMILES string of the molecule is COc1cc(F)c(C)c(Cl)c1. The molecule has 0 bridgehead atoms. The highest BCUT2D eigenvalue weighted by atomic mass is 35.5. The van der Waals surface area contributed by atoms with Crippen LogP contribution in [0.5, 0.6) is 5.75 Å². The summed E-state index contributed by atoms with van der Waals surface area (Å²) in [7, 11) is 1.47. The van der Waals surface area contributed by atoms with Crippen molar-refractivity contribution in [3.05, 3.63) is 28.5 Å². The number of methoxy groups -OCH3 is 1. The molecule has 0 heterocycles. The van der Waals surface area contributed by atoms with Gasteiger partial charge in [0.25, 0.3) is 0 Å². The minimum Gasteiger partial charge on any atom is -0.497 e. The third kappa shape index (κ3) is 1.63. The molecule has 0 aliphatic carbocycles. The molecule has 1 nitrogen and oxygen atoms in total. The molecule has 0 unspecified atom stereocenters. The van der Waals surface area contributed by atoms with E-state index in [9.17, 15) is 4.39 Å². The highest BCUT2D eigenvalue weighted by Crippen LogP contribution is 2.24. The summed E-state index contributed by atoms with van der Waals surface area (Å²) in [5, 5.41) is 0.391. The van der Waals surface area contributed by atoms with Crippen molar-refractivity contribution in [1.29, 1.82) is 0 Å². The van der Waals surface area contributed by atoms with Crippen molar-refractivity contribution in [2.75, 3.05) is 7.11 Å². The molecule has 0 fully saturated rings. The van der Waals surface area contributed by atoms with Gasteiger partial charge < -0.3 is 4.74 Å². The van der Waals surface area contributed by atoms with Crippen molar-refractivity contribution in [2.24, 2.45) is 0 Å². The fourth-order valence-corrected chi connectivity index (χ4v) is 0.938. The maximum Gasteiger partial charge on any atom is 0.131 e. The van der Waals surface area contributed by atoms with Crippen LogP contribution in [0, 0.1) is 12.7 Å². The predicted octanol–water partition coefficient (Wildman–Crippen LogP) is 2.80. The van der Waals surface area contributed by atoms with Gasteiger partial charge in [0.2, 0.25) is 0 Å². The number of benzene rings is 1. The zero-order valence-corrected chi connectivity index (χ0v) is 7.07. The van der Waals surface area contributed by atoms with E-state index in [4.69, 9.17) is 16.3 Å². The molecular formula is C8H8ClFO. The summed E-state index contributed by atoms with van der Waals surface area (Å²) in [6.07, 6.45) is 0. The lowest BCUT2D eigenvalue weighted by Gasteiger charge is -2.03. The van der Waals surface area contributed by atoms with Crippen LogP contribution in [0.1, 0.15) is 5.56 Å². The predicted molar refractivity (Wildman–Crippen MR) is 42.7 cm³/mol. The first-order chi connectivity index (χ1) is 5.15. The summed E-state index contributed by atoms with van der Waals surface area (Å²) in [5.41, 5.74) is 0.451. The Bertz CT molecular complexity index is 250. The molecule has 0 aliphatic rings. The molecule has 0 radical (unpaired) electrons. The molecule has 1 rings (SSSR count). The Kier molecular flexibility index (Phi) is 2.35. The van der Waals surface area contributed by atoms with Gasteiger partial charge in [0, 0.05) is 11.6 Å². The first-order valence-corrected chi connectivity index (χ1v) is 3.52. The normalized spacial score (nSPS) is 9.82. The Morgan fingerprint density at radius 1 is 1.45 bits per heavy atom. The van der Waals surface area contributed by atoms with E-state index in [1.807, 2.05) is 0 Å². The summed E-state index contributed by atoms with van der Waals surface area (Å²) < 4.78 is 17.7. The average Bonchev–Trinajstić information content (AvgIpc) is 1.99. The summed E-state index contributed by atoms with van der Waals surface area (Å²) >= 11 is 5.68. The molecule has 60 valence electrons. The monoisotopic (exact) mass is 174 g/mol. The van der Waals surface area contributed by atoms with E-state index in [2.05, 4.69) is 0 Å². The molecule has 11 heavy (non-hydrogen) atoms. The lowest BCUT2D eigenvalue weighted by atomic mass is 10.2. The molecule has 0 atom stereocenters. The van der Waals surface area contributed by atoms with Crippen molar-refractivity contribution in [3.8, 4) is 5.75 Å². The first-order valence-electron chi connectivity index (χ1n) is 3.15. The molecule has 0 spiro atoms. The molecule has 0 aromatic heterocycles. The number of halogens is 2. The summed E-state index contributed by atoms with van der Waals surface area (Å²) in [6, 6.07) is 2.89. The summed E-state index contributed by atoms with van der Waals surface area (Å²) in [5.74, 6) is 0.104. The van der Waals surface area contributed by atoms with Gasteiger partial charge in [-0.25, -0.2) is 4.39 Å². The van der Waals surface area contributed by atoms with Gasteiger partial charge in [-0.3, -0.25) is 0 Å². The summed E-state index contributed by atoms with van der Waals surface area (Å²) in [6.45, 7) is 1.62. The van der Waals surface area contributed by atoms with Crippen LogP contribution in [0.25, 0.3) is 0 Å². The van der Waals surface area contributed by atoms with Gasteiger partial charge in [-0.15, -0.1) is 0 Å². The van der Waals surface area contributed by atoms with Crippen LogP contribution in [0.4, 0.5) is 4.39 Å². The highest BCUT2D eigenvalue weighted by Gasteiger charge is 2.04. The smallest absolute Gasteiger partial charge is 0.131 e. The quantitative estimate of drug-likeness (QED) is 0.636. The molecule has 3 heteroatoms. The third-order valence-corrected chi connectivity index (χ3v) is 1.88. The van der Waals surface area contributed by atoms with Crippen LogP contribution in [0.3, 0.4) is 0 Å². The number of rotatable bonds is 1. The van der Waals surface area contributed by atoms with E-state index < -0.39 is 0 Å². The molecular weight excluding hydrogens is 167 g/mol. The van der Waals surface area contributed by atoms with Crippen molar-refractivity contribution in [2.45, 2.75) is 6.92 Å². The molecule has 0 N–H and O–H groups in total. The molecule has 1 aromatic carbocycles. The van der Waals surface area contributed by atoms with Gasteiger partial charge in [0.05, 0.1) is 12.1 Å². The average molecular weight is 175 g/mol. The Hall–Kier alpha value is -0.760. The van der Waals surface area contributed by atoms with Crippen LogP contribution in [-0.2, 0) is 0 Å². The second-order valence-electron chi connectivity index (χ2n) is 2.22. The van der Waals surface area contributed by atoms with E-state index >= 15 is 0 Å². The Balaban J connectivity index is 3.21. The zero-order chi connectivity index (χ0) is 8.43. The van der Waals surface area contributed by atoms with Crippen molar-refractivity contribution < 1.29 is 9.13 Å². The minimum atomic E-state index is -0.339. The van der Waals surface area contributed by atoms with Crippen molar-refractivity contribution in [3.63, 3.8) is 0 Å². The number of hydrogen-bond donors (Lipinski definition) is 0. The van der Waals surface area contributed by atoms with E-state index in [1.165, 1.54) is 13.2 Å². The molecule has 0 aliphatic heterocycles. The first kappa shape index (κ1) is 8.34. The van der Waals surface area contributed by atoms with E-state index in [-0.39, 0.29) is 5.82 Å². The van der Waals surface area contributed by atoms with Crippen LogP contribution in [-0.4, -0.2) is 7.11 Å². The van der Waals surface area contributed by atoms with Crippen molar-refractivity contribution in [1.82, 2.24) is 0 Å². The Morgan fingerprint density at radius 3 is 2.55 bits per heavy atom. The van der Waals surface area contributed by atoms with Gasteiger partial charge in [0.1, 0.15) is 11.6 Å². The molecule has 0 amide bonds. The highest BCUT2D eigenvalue weighted by molar-refractivity contribution is 6.31. The summed E-state index contributed by atoms with van der Waals surface area (Å²) in [4.78, 5) is 0. The Labute approximate surface area is 69.7 Å². The second kappa shape index (κ2) is 3.09. The fraction of sp³-hybridized carbons (Fsp3) is 0.250. The maximum absolute atomic E-state index is 12.9. The second-order valence-corrected chi connectivity index (χ2v) is 2.62. The van der Waals surface area contributed by atoms with Gasteiger partial charge in [-0.05, 0) is 13.0 Å². The van der Waals surface area contributed by atoms with E-state index in [0.29, 0.717) is 16.3 Å². The molecule has 1 aromatic rings. The van der Waals surface area contributed by atoms with Crippen LogP contribution in [0.2, 0.25) is 5.02 Å². The van der Waals surface area contributed by atoms with E-state index in [0.717, 1.165) is 0 Å². The largest absolute Gasteiger partial charge is 0.497 e. The van der Waals surface area contributed by atoms with Gasteiger partial charge in [-0.1, -0.05) is 11.6 Å². The number of hydrogen-bond acceptors (Lipinski definition) is 1. The van der Waals surface area contributed by atoms with Gasteiger partial charge >= 0.3 is 0 Å². The molecule has 0 saturated carbocycles. The third-order valence-electron chi connectivity index (χ3n) is 1.49.